The minimum absolute atomic E-state index is 0.0186. The Morgan fingerprint density at radius 2 is 2.15 bits per heavy atom. The van der Waals surface area contributed by atoms with Gasteiger partial charge >= 0.3 is 10.2 Å². The molecule has 0 saturated carbocycles. The average Bonchev–Trinajstić information content (AvgIpc) is 2.03. The summed E-state index contributed by atoms with van der Waals surface area (Å²) in [5.41, 5.74) is -0.319. The highest BCUT2D eigenvalue weighted by molar-refractivity contribution is 7.86. The zero-order valence-electron chi connectivity index (χ0n) is 6.03. The second kappa shape index (κ2) is 3.28. The molecule has 0 N–H and O–H groups in total. The third kappa shape index (κ3) is 2.14. The van der Waals surface area contributed by atoms with Gasteiger partial charge in [0.1, 0.15) is 6.07 Å². The second-order valence-electron chi connectivity index (χ2n) is 2.03. The van der Waals surface area contributed by atoms with Crippen molar-refractivity contribution in [3.05, 3.63) is 22.8 Å². The molecule has 0 aromatic carbocycles. The lowest BCUT2D eigenvalue weighted by Crippen LogP contribution is -1.97. The SMILES string of the molecule is N#Cc1nc(S(=O)(=O)F)ccc1Cl. The van der Waals surface area contributed by atoms with Gasteiger partial charge in [0, 0.05) is 0 Å². The molecule has 0 aliphatic carbocycles. The lowest BCUT2D eigenvalue weighted by Gasteiger charge is -1.95. The van der Waals surface area contributed by atoms with Gasteiger partial charge < -0.3 is 0 Å². The van der Waals surface area contributed by atoms with Gasteiger partial charge in [0.2, 0.25) is 0 Å². The summed E-state index contributed by atoms with van der Waals surface area (Å²) in [5, 5.41) is 7.56. The molecular formula is C6H2ClFN2O2S. The van der Waals surface area contributed by atoms with Crippen LogP contribution < -0.4 is 0 Å². The minimum atomic E-state index is -4.87. The van der Waals surface area contributed by atoms with Crippen LogP contribution in [-0.2, 0) is 10.2 Å². The van der Waals surface area contributed by atoms with Crippen molar-refractivity contribution in [3.63, 3.8) is 0 Å². The van der Waals surface area contributed by atoms with Crippen LogP contribution in [0.1, 0.15) is 5.69 Å². The van der Waals surface area contributed by atoms with E-state index in [1.54, 1.807) is 0 Å². The van der Waals surface area contributed by atoms with Crippen molar-refractivity contribution >= 4 is 21.8 Å². The van der Waals surface area contributed by atoms with E-state index in [9.17, 15) is 12.3 Å². The van der Waals surface area contributed by atoms with Crippen LogP contribution in [-0.4, -0.2) is 13.4 Å². The molecule has 0 atom stereocenters. The molecule has 0 unspecified atom stereocenters. The van der Waals surface area contributed by atoms with Gasteiger partial charge in [-0.2, -0.15) is 13.7 Å². The average molecular weight is 221 g/mol. The fourth-order valence-corrected chi connectivity index (χ4v) is 1.22. The lowest BCUT2D eigenvalue weighted by atomic mass is 10.4. The van der Waals surface area contributed by atoms with Gasteiger partial charge in [0.25, 0.3) is 0 Å². The molecule has 4 nitrogen and oxygen atoms in total. The quantitative estimate of drug-likeness (QED) is 0.668. The molecule has 0 amide bonds. The van der Waals surface area contributed by atoms with E-state index in [2.05, 4.69) is 4.98 Å². The van der Waals surface area contributed by atoms with Crippen LogP contribution >= 0.6 is 11.6 Å². The van der Waals surface area contributed by atoms with Crippen molar-refractivity contribution < 1.29 is 12.3 Å². The highest BCUT2D eigenvalue weighted by Crippen LogP contribution is 2.16. The summed E-state index contributed by atoms with van der Waals surface area (Å²) >= 11 is 5.44. The summed E-state index contributed by atoms with van der Waals surface area (Å²) in [7, 11) is -4.87. The van der Waals surface area contributed by atoms with Crippen molar-refractivity contribution in [2.45, 2.75) is 5.03 Å². The van der Waals surface area contributed by atoms with Crippen LogP contribution in [0, 0.1) is 11.3 Å². The first-order chi connectivity index (χ1) is 5.95. The number of pyridine rings is 1. The van der Waals surface area contributed by atoms with Crippen LogP contribution in [0.15, 0.2) is 17.2 Å². The molecule has 7 heteroatoms. The van der Waals surface area contributed by atoms with E-state index in [1.807, 2.05) is 0 Å². The molecule has 0 aliphatic heterocycles. The zero-order chi connectivity index (χ0) is 10.1. The summed E-state index contributed by atoms with van der Waals surface area (Å²) in [4.78, 5) is 3.21. The Kier molecular flexibility index (Phi) is 2.50. The number of halogens is 2. The van der Waals surface area contributed by atoms with Gasteiger partial charge in [0.05, 0.1) is 5.02 Å². The van der Waals surface area contributed by atoms with Crippen LogP contribution in [0.4, 0.5) is 3.89 Å². The van der Waals surface area contributed by atoms with Gasteiger partial charge in [-0.3, -0.25) is 0 Å². The van der Waals surface area contributed by atoms with Crippen LogP contribution in [0.25, 0.3) is 0 Å². The summed E-state index contributed by atoms with van der Waals surface area (Å²) in [5.74, 6) is 0. The summed E-state index contributed by atoms with van der Waals surface area (Å²) in [6.45, 7) is 0. The first-order valence-corrected chi connectivity index (χ1v) is 4.72. The molecule has 0 bridgehead atoms. The van der Waals surface area contributed by atoms with Gasteiger partial charge in [-0.1, -0.05) is 15.5 Å². The van der Waals surface area contributed by atoms with Crippen molar-refractivity contribution in [1.29, 1.82) is 5.26 Å². The molecule has 13 heavy (non-hydrogen) atoms. The molecule has 1 rings (SSSR count). The largest absolute Gasteiger partial charge is 0.349 e. The van der Waals surface area contributed by atoms with E-state index in [-0.39, 0.29) is 10.7 Å². The molecule has 1 aromatic heterocycles. The standard InChI is InChI=1S/C6H2ClFN2O2S/c7-4-1-2-6(13(8,11)12)10-5(4)3-9/h1-2H. The maximum Gasteiger partial charge on any atom is 0.349 e. The first kappa shape index (κ1) is 9.89. The molecule has 0 spiro atoms. The summed E-state index contributed by atoms with van der Waals surface area (Å²) in [6, 6.07) is 3.52. The Morgan fingerprint density at radius 1 is 1.54 bits per heavy atom. The van der Waals surface area contributed by atoms with E-state index in [0.29, 0.717) is 0 Å². The predicted octanol–water partition coefficient (Wildman–Crippen LogP) is 1.26. The van der Waals surface area contributed by atoms with E-state index < -0.39 is 15.2 Å². The van der Waals surface area contributed by atoms with Crippen LogP contribution in [0.5, 0.6) is 0 Å². The second-order valence-corrected chi connectivity index (χ2v) is 3.73. The molecular weight excluding hydrogens is 219 g/mol. The van der Waals surface area contributed by atoms with Gasteiger partial charge in [-0.25, -0.2) is 4.98 Å². The number of hydrogen-bond donors (Lipinski definition) is 0. The van der Waals surface area contributed by atoms with E-state index >= 15 is 0 Å². The number of rotatable bonds is 1. The Morgan fingerprint density at radius 3 is 2.62 bits per heavy atom. The van der Waals surface area contributed by atoms with Gasteiger partial charge in [0.15, 0.2) is 10.7 Å². The third-order valence-electron chi connectivity index (χ3n) is 1.18. The van der Waals surface area contributed by atoms with Crippen molar-refractivity contribution in [2.75, 3.05) is 0 Å². The first-order valence-electron chi connectivity index (χ1n) is 2.96. The van der Waals surface area contributed by atoms with Crippen molar-refractivity contribution in [2.24, 2.45) is 0 Å². The Balaban J connectivity index is 3.41. The maximum atomic E-state index is 12.3. The Hall–Kier alpha value is -1.19. The smallest absolute Gasteiger partial charge is 0.221 e. The Labute approximate surface area is 78.8 Å². The molecule has 0 fully saturated rings. The number of nitriles is 1. The van der Waals surface area contributed by atoms with Crippen molar-refractivity contribution in [3.8, 4) is 6.07 Å². The van der Waals surface area contributed by atoms with E-state index in [0.717, 1.165) is 12.1 Å². The van der Waals surface area contributed by atoms with E-state index in [1.165, 1.54) is 6.07 Å². The number of aromatic nitrogens is 1. The number of nitrogens with zero attached hydrogens (tertiary/aromatic N) is 2. The normalized spacial score (nSPS) is 10.8. The topological polar surface area (TPSA) is 70.8 Å². The van der Waals surface area contributed by atoms with Gasteiger partial charge in [-0.15, -0.1) is 0 Å². The van der Waals surface area contributed by atoms with E-state index in [4.69, 9.17) is 16.9 Å². The lowest BCUT2D eigenvalue weighted by molar-refractivity contribution is 0.547. The monoisotopic (exact) mass is 220 g/mol. The fraction of sp³-hybridized carbons (Fsp3) is 0. The van der Waals surface area contributed by atoms with Crippen molar-refractivity contribution in [1.82, 2.24) is 4.98 Å². The predicted molar refractivity (Wildman–Crippen MR) is 42.3 cm³/mol. The molecule has 1 heterocycles. The fourth-order valence-electron chi connectivity index (χ4n) is 0.638. The van der Waals surface area contributed by atoms with Crippen LogP contribution in [0.2, 0.25) is 5.02 Å². The molecule has 68 valence electrons. The maximum absolute atomic E-state index is 12.3. The highest BCUT2D eigenvalue weighted by Gasteiger charge is 2.15. The molecule has 0 radical (unpaired) electrons. The summed E-state index contributed by atoms with van der Waals surface area (Å²) in [6.07, 6.45) is 0. The zero-order valence-corrected chi connectivity index (χ0v) is 7.60. The molecule has 0 aliphatic rings. The van der Waals surface area contributed by atoms with Gasteiger partial charge in [-0.05, 0) is 12.1 Å². The highest BCUT2D eigenvalue weighted by atomic mass is 35.5. The van der Waals surface area contributed by atoms with Crippen LogP contribution in [0.3, 0.4) is 0 Å². The Bertz CT molecular complexity index is 480. The molecule has 0 saturated heterocycles. The minimum Gasteiger partial charge on any atom is -0.221 e. The molecule has 1 aromatic rings. The third-order valence-corrected chi connectivity index (χ3v) is 2.21. The summed E-state index contributed by atoms with van der Waals surface area (Å²) < 4.78 is 33.0. The number of hydrogen-bond acceptors (Lipinski definition) is 4.